The molecule has 6 heteroatoms. The number of amides is 2. The Labute approximate surface area is 159 Å². The van der Waals surface area contributed by atoms with Gasteiger partial charge >= 0.3 is 0 Å². The third kappa shape index (κ3) is 6.15. The van der Waals surface area contributed by atoms with Crippen molar-refractivity contribution in [3.63, 3.8) is 0 Å². The molecule has 2 amide bonds. The predicted molar refractivity (Wildman–Crippen MR) is 105 cm³/mol. The van der Waals surface area contributed by atoms with Crippen LogP contribution in [0.3, 0.4) is 0 Å². The lowest BCUT2D eigenvalue weighted by molar-refractivity contribution is -0.117. The third-order valence-electron chi connectivity index (χ3n) is 3.74. The summed E-state index contributed by atoms with van der Waals surface area (Å²) in [5.41, 5.74) is 1.74. The molecular formula is C21H23N3O3. The molecule has 0 aliphatic heterocycles. The number of nitriles is 1. The average molecular weight is 365 g/mol. The van der Waals surface area contributed by atoms with Crippen molar-refractivity contribution in [2.45, 2.75) is 33.3 Å². The number of ether oxygens (including phenoxy) is 1. The molecule has 0 saturated heterocycles. The number of carbonyl (C=O) groups excluding carboxylic acids is 2. The summed E-state index contributed by atoms with van der Waals surface area (Å²) in [4.78, 5) is 25.7. The number of anilines is 2. The van der Waals surface area contributed by atoms with E-state index >= 15 is 0 Å². The molecule has 2 aromatic rings. The van der Waals surface area contributed by atoms with Crippen molar-refractivity contribution < 1.29 is 14.3 Å². The molecule has 140 valence electrons. The molecule has 0 saturated carbocycles. The first-order valence-electron chi connectivity index (χ1n) is 8.74. The van der Waals surface area contributed by atoms with Crippen LogP contribution in [0.15, 0.2) is 48.5 Å². The smallest absolute Gasteiger partial charge is 0.226 e. The lowest BCUT2D eigenvalue weighted by Crippen LogP contribution is -2.31. The lowest BCUT2D eigenvalue weighted by atomic mass is 10.2. The van der Waals surface area contributed by atoms with E-state index < -0.39 is 0 Å². The van der Waals surface area contributed by atoms with Crippen LogP contribution in [0.1, 0.15) is 32.8 Å². The maximum absolute atomic E-state index is 12.2. The summed E-state index contributed by atoms with van der Waals surface area (Å²) >= 11 is 0. The Morgan fingerprint density at radius 3 is 2.48 bits per heavy atom. The molecule has 0 bridgehead atoms. The molecule has 2 aromatic carbocycles. The number of nitrogens with one attached hydrogen (secondary N) is 1. The topological polar surface area (TPSA) is 82.4 Å². The number of nitrogens with zero attached hydrogens (tertiary/aromatic N) is 2. The highest BCUT2D eigenvalue weighted by Gasteiger charge is 2.14. The van der Waals surface area contributed by atoms with E-state index in [1.807, 2.05) is 19.9 Å². The van der Waals surface area contributed by atoms with Gasteiger partial charge in [0.1, 0.15) is 5.75 Å². The maximum Gasteiger partial charge on any atom is 0.226 e. The summed E-state index contributed by atoms with van der Waals surface area (Å²) in [6.45, 7) is 5.61. The van der Waals surface area contributed by atoms with Crippen molar-refractivity contribution in [1.82, 2.24) is 0 Å². The first-order valence-corrected chi connectivity index (χ1v) is 8.74. The summed E-state index contributed by atoms with van der Waals surface area (Å²) < 4.78 is 5.60. The van der Waals surface area contributed by atoms with E-state index in [1.165, 1.54) is 6.92 Å². The second-order valence-electron chi connectivity index (χ2n) is 6.32. The van der Waals surface area contributed by atoms with E-state index in [0.717, 1.165) is 5.75 Å². The number of carbonyl (C=O) groups is 2. The Hall–Kier alpha value is -3.33. The van der Waals surface area contributed by atoms with Crippen LogP contribution in [-0.2, 0) is 9.59 Å². The van der Waals surface area contributed by atoms with Gasteiger partial charge in [-0.05, 0) is 56.3 Å². The van der Waals surface area contributed by atoms with Crippen LogP contribution >= 0.6 is 0 Å². The Kier molecular flexibility index (Phi) is 6.95. The highest BCUT2D eigenvalue weighted by atomic mass is 16.5. The molecule has 2 rings (SSSR count). The van der Waals surface area contributed by atoms with Gasteiger partial charge in [0.05, 0.1) is 17.7 Å². The van der Waals surface area contributed by atoms with Gasteiger partial charge in [0.15, 0.2) is 0 Å². The van der Waals surface area contributed by atoms with Gasteiger partial charge in [-0.15, -0.1) is 0 Å². The van der Waals surface area contributed by atoms with Crippen LogP contribution in [0.4, 0.5) is 11.4 Å². The average Bonchev–Trinajstić information content (AvgIpc) is 2.62. The largest absolute Gasteiger partial charge is 0.491 e. The molecule has 0 atom stereocenters. The minimum atomic E-state index is -0.226. The third-order valence-corrected chi connectivity index (χ3v) is 3.74. The molecule has 0 heterocycles. The predicted octanol–water partition coefficient (Wildman–Crippen LogP) is 3.73. The van der Waals surface area contributed by atoms with Gasteiger partial charge in [0.2, 0.25) is 11.8 Å². The van der Waals surface area contributed by atoms with Crippen molar-refractivity contribution in [3.8, 4) is 11.8 Å². The van der Waals surface area contributed by atoms with E-state index in [4.69, 9.17) is 10.00 Å². The number of hydrogen-bond donors (Lipinski definition) is 1. The number of hydrogen-bond acceptors (Lipinski definition) is 4. The molecule has 6 nitrogen and oxygen atoms in total. The van der Waals surface area contributed by atoms with E-state index in [2.05, 4.69) is 5.32 Å². The summed E-state index contributed by atoms with van der Waals surface area (Å²) in [6.07, 6.45) is 0.212. The Morgan fingerprint density at radius 2 is 1.89 bits per heavy atom. The van der Waals surface area contributed by atoms with Crippen molar-refractivity contribution in [2.24, 2.45) is 0 Å². The fourth-order valence-corrected chi connectivity index (χ4v) is 2.55. The minimum absolute atomic E-state index is 0.0722. The highest BCUT2D eigenvalue weighted by Crippen LogP contribution is 2.21. The monoisotopic (exact) mass is 365 g/mol. The lowest BCUT2D eigenvalue weighted by Gasteiger charge is -2.21. The van der Waals surface area contributed by atoms with Crippen molar-refractivity contribution >= 4 is 23.2 Å². The van der Waals surface area contributed by atoms with E-state index in [9.17, 15) is 9.59 Å². The first kappa shape index (κ1) is 20.0. The van der Waals surface area contributed by atoms with Crippen LogP contribution in [0, 0.1) is 11.3 Å². The van der Waals surface area contributed by atoms with Gasteiger partial charge < -0.3 is 15.0 Å². The second-order valence-corrected chi connectivity index (χ2v) is 6.32. The van der Waals surface area contributed by atoms with Crippen LogP contribution < -0.4 is 15.0 Å². The molecule has 27 heavy (non-hydrogen) atoms. The van der Waals surface area contributed by atoms with Gasteiger partial charge in [-0.25, -0.2) is 0 Å². The fraction of sp³-hybridized carbons (Fsp3) is 0.286. The molecule has 0 unspecified atom stereocenters. The molecule has 0 spiro atoms. The van der Waals surface area contributed by atoms with Gasteiger partial charge in [0, 0.05) is 31.3 Å². The summed E-state index contributed by atoms with van der Waals surface area (Å²) in [7, 11) is 0. The molecule has 1 N–H and O–H groups in total. The number of benzene rings is 2. The zero-order valence-electron chi connectivity index (χ0n) is 15.7. The van der Waals surface area contributed by atoms with E-state index in [-0.39, 0.29) is 30.9 Å². The molecule has 0 radical (unpaired) electrons. The summed E-state index contributed by atoms with van der Waals surface area (Å²) in [5.74, 6) is 0.357. The molecule has 0 aliphatic carbocycles. The maximum atomic E-state index is 12.2. The zero-order valence-corrected chi connectivity index (χ0v) is 15.7. The molecule has 0 aromatic heterocycles. The molecule has 0 aliphatic rings. The summed E-state index contributed by atoms with van der Waals surface area (Å²) in [5, 5.41) is 11.7. The second kappa shape index (κ2) is 9.39. The van der Waals surface area contributed by atoms with E-state index in [0.29, 0.717) is 16.9 Å². The Morgan fingerprint density at radius 1 is 1.19 bits per heavy atom. The van der Waals surface area contributed by atoms with Crippen molar-refractivity contribution in [3.05, 3.63) is 54.1 Å². The quantitative estimate of drug-likeness (QED) is 0.810. The van der Waals surface area contributed by atoms with Gasteiger partial charge in [-0.1, -0.05) is 6.07 Å². The van der Waals surface area contributed by atoms with Crippen molar-refractivity contribution in [2.75, 3.05) is 16.8 Å². The Bertz CT molecular complexity index is 838. The van der Waals surface area contributed by atoms with Crippen molar-refractivity contribution in [1.29, 1.82) is 5.26 Å². The van der Waals surface area contributed by atoms with Gasteiger partial charge in [0.25, 0.3) is 0 Å². The van der Waals surface area contributed by atoms with Gasteiger partial charge in [-0.2, -0.15) is 5.26 Å². The standard InChI is InChI=1S/C21H23N3O3/c1-15(2)27-20-9-7-19(8-10-20)24(16(3)25)12-11-21(26)23-18-6-4-5-17(13-18)14-22/h4-10,13,15H,11-12H2,1-3H3,(H,23,26). The normalized spacial score (nSPS) is 10.2. The number of rotatable bonds is 7. The van der Waals surface area contributed by atoms with Crippen LogP contribution in [0.5, 0.6) is 5.75 Å². The SMILES string of the molecule is CC(=O)N(CCC(=O)Nc1cccc(C#N)c1)c1ccc(OC(C)C)cc1. The fourth-order valence-electron chi connectivity index (χ4n) is 2.55. The van der Waals surface area contributed by atoms with Gasteiger partial charge in [-0.3, -0.25) is 9.59 Å². The molecular weight excluding hydrogens is 342 g/mol. The zero-order chi connectivity index (χ0) is 19.8. The summed E-state index contributed by atoms with van der Waals surface area (Å²) in [6, 6.07) is 15.9. The van der Waals surface area contributed by atoms with Crippen LogP contribution in [0.25, 0.3) is 0 Å². The first-order chi connectivity index (χ1) is 12.9. The van der Waals surface area contributed by atoms with E-state index in [1.54, 1.807) is 53.4 Å². The highest BCUT2D eigenvalue weighted by molar-refractivity contribution is 5.94. The molecule has 0 fully saturated rings. The Balaban J connectivity index is 1.98. The van der Waals surface area contributed by atoms with Crippen LogP contribution in [-0.4, -0.2) is 24.5 Å². The van der Waals surface area contributed by atoms with Crippen LogP contribution in [0.2, 0.25) is 0 Å². The minimum Gasteiger partial charge on any atom is -0.491 e.